The number of hydrogen-bond donors (Lipinski definition) is 1. The van der Waals surface area contributed by atoms with E-state index in [-0.39, 0.29) is 18.4 Å². The predicted octanol–water partition coefficient (Wildman–Crippen LogP) is 2.59. The number of benzene rings is 1. The Morgan fingerprint density at radius 3 is 2.70 bits per heavy atom. The minimum Gasteiger partial charge on any atom is -0.462 e. The summed E-state index contributed by atoms with van der Waals surface area (Å²) < 4.78 is 6.93. The van der Waals surface area contributed by atoms with Gasteiger partial charge < -0.3 is 14.6 Å². The van der Waals surface area contributed by atoms with Gasteiger partial charge in [0.05, 0.1) is 18.5 Å². The van der Waals surface area contributed by atoms with Gasteiger partial charge >= 0.3 is 5.97 Å². The number of nitrogens with one attached hydrogen (secondary N) is 1. The summed E-state index contributed by atoms with van der Waals surface area (Å²) in [6.07, 6.45) is 5.46. The van der Waals surface area contributed by atoms with Crippen molar-refractivity contribution in [2.24, 2.45) is 0 Å². The van der Waals surface area contributed by atoms with Crippen LogP contribution in [0.3, 0.4) is 0 Å². The van der Waals surface area contributed by atoms with Gasteiger partial charge in [0.2, 0.25) is 0 Å². The van der Waals surface area contributed by atoms with Crippen LogP contribution in [0.15, 0.2) is 43.0 Å². The van der Waals surface area contributed by atoms with Crippen molar-refractivity contribution < 1.29 is 9.53 Å². The first-order chi connectivity index (χ1) is 9.29. The second-order valence-corrected chi connectivity index (χ2v) is 4.03. The van der Waals surface area contributed by atoms with Gasteiger partial charge in [-0.1, -0.05) is 0 Å². The van der Waals surface area contributed by atoms with Gasteiger partial charge in [-0.15, -0.1) is 12.4 Å². The van der Waals surface area contributed by atoms with Crippen LogP contribution in [0.4, 0.5) is 5.69 Å². The molecule has 108 valence electrons. The Labute approximate surface area is 124 Å². The first-order valence-corrected chi connectivity index (χ1v) is 6.26. The van der Waals surface area contributed by atoms with Crippen molar-refractivity contribution in [1.82, 2.24) is 9.55 Å². The van der Waals surface area contributed by atoms with E-state index < -0.39 is 0 Å². The van der Waals surface area contributed by atoms with E-state index in [1.807, 2.05) is 22.9 Å². The van der Waals surface area contributed by atoms with Gasteiger partial charge in [0.25, 0.3) is 0 Å². The Hall–Kier alpha value is -2.01. The van der Waals surface area contributed by atoms with E-state index in [4.69, 9.17) is 4.74 Å². The standard InChI is InChI=1S/C14H17N3O2.ClH/c1-2-19-14(18)12-3-5-13(6-4-12)16-8-10-17-9-7-15-11-17;/h3-7,9,11,16H,2,8,10H2,1H3;1H. The summed E-state index contributed by atoms with van der Waals surface area (Å²) in [5, 5.41) is 3.28. The number of carbonyl (C=O) groups is 1. The molecule has 0 atom stereocenters. The van der Waals surface area contributed by atoms with Gasteiger partial charge in [0, 0.05) is 31.2 Å². The molecule has 2 aromatic rings. The Bertz CT molecular complexity index is 512. The van der Waals surface area contributed by atoms with E-state index in [0.717, 1.165) is 18.8 Å². The average molecular weight is 296 g/mol. The maximum absolute atomic E-state index is 11.5. The summed E-state index contributed by atoms with van der Waals surface area (Å²) in [5.74, 6) is -0.285. The fraction of sp³-hybridized carbons (Fsp3) is 0.286. The molecule has 0 amide bonds. The third-order valence-electron chi connectivity index (χ3n) is 2.65. The van der Waals surface area contributed by atoms with Crippen molar-refractivity contribution in [1.29, 1.82) is 0 Å². The molecule has 0 radical (unpaired) electrons. The van der Waals surface area contributed by atoms with Crippen LogP contribution in [0.2, 0.25) is 0 Å². The van der Waals surface area contributed by atoms with Gasteiger partial charge in [-0.05, 0) is 31.2 Å². The molecular weight excluding hydrogens is 278 g/mol. The number of imidazole rings is 1. The fourth-order valence-electron chi connectivity index (χ4n) is 1.69. The first kappa shape index (κ1) is 16.0. The molecule has 0 unspecified atom stereocenters. The maximum Gasteiger partial charge on any atom is 0.338 e. The number of nitrogens with zero attached hydrogens (tertiary/aromatic N) is 2. The molecule has 6 heteroatoms. The molecule has 2 rings (SSSR count). The number of rotatable bonds is 6. The van der Waals surface area contributed by atoms with Crippen molar-refractivity contribution in [2.45, 2.75) is 13.5 Å². The molecule has 0 saturated heterocycles. The number of carbonyl (C=O) groups excluding carboxylic acids is 1. The summed E-state index contributed by atoms with van der Waals surface area (Å²) in [6, 6.07) is 7.27. The monoisotopic (exact) mass is 295 g/mol. The van der Waals surface area contributed by atoms with Crippen LogP contribution >= 0.6 is 12.4 Å². The summed E-state index contributed by atoms with van der Waals surface area (Å²) in [6.45, 7) is 3.84. The number of ether oxygens (including phenoxy) is 1. The highest BCUT2D eigenvalue weighted by atomic mass is 35.5. The Balaban J connectivity index is 0.00000200. The van der Waals surface area contributed by atoms with Gasteiger partial charge in [-0.3, -0.25) is 0 Å². The van der Waals surface area contributed by atoms with Crippen LogP contribution in [0.25, 0.3) is 0 Å². The van der Waals surface area contributed by atoms with Crippen molar-refractivity contribution in [3.05, 3.63) is 48.5 Å². The van der Waals surface area contributed by atoms with Gasteiger partial charge in [0.1, 0.15) is 0 Å². The molecule has 1 N–H and O–H groups in total. The summed E-state index contributed by atoms with van der Waals surface area (Å²) in [4.78, 5) is 15.5. The van der Waals surface area contributed by atoms with E-state index in [9.17, 15) is 4.79 Å². The van der Waals surface area contributed by atoms with E-state index >= 15 is 0 Å². The van der Waals surface area contributed by atoms with Gasteiger partial charge in [0.15, 0.2) is 0 Å². The molecule has 0 aliphatic heterocycles. The van der Waals surface area contributed by atoms with Crippen LogP contribution in [-0.2, 0) is 11.3 Å². The van der Waals surface area contributed by atoms with Crippen molar-refractivity contribution >= 4 is 24.1 Å². The molecule has 5 nitrogen and oxygen atoms in total. The highest BCUT2D eigenvalue weighted by Crippen LogP contribution is 2.10. The topological polar surface area (TPSA) is 56.1 Å². The van der Waals surface area contributed by atoms with Crippen LogP contribution in [0.5, 0.6) is 0 Å². The third-order valence-corrected chi connectivity index (χ3v) is 2.65. The molecule has 0 fully saturated rings. The number of anilines is 1. The number of aromatic nitrogens is 2. The summed E-state index contributed by atoms with van der Waals surface area (Å²) >= 11 is 0. The van der Waals surface area contributed by atoms with Crippen molar-refractivity contribution in [3.63, 3.8) is 0 Å². The SMILES string of the molecule is CCOC(=O)c1ccc(NCCn2ccnc2)cc1.Cl. The normalized spacial score (nSPS) is 9.65. The van der Waals surface area contributed by atoms with E-state index in [1.54, 1.807) is 31.6 Å². The quantitative estimate of drug-likeness (QED) is 0.832. The zero-order chi connectivity index (χ0) is 13.5. The molecule has 0 aliphatic carbocycles. The summed E-state index contributed by atoms with van der Waals surface area (Å²) in [5.41, 5.74) is 1.55. The molecule has 0 bridgehead atoms. The lowest BCUT2D eigenvalue weighted by Crippen LogP contribution is -2.09. The third kappa shape index (κ3) is 4.59. The molecule has 1 heterocycles. The zero-order valence-corrected chi connectivity index (χ0v) is 12.1. The Morgan fingerprint density at radius 1 is 1.35 bits per heavy atom. The highest BCUT2D eigenvalue weighted by Gasteiger charge is 2.05. The van der Waals surface area contributed by atoms with Gasteiger partial charge in [-0.25, -0.2) is 9.78 Å². The molecule has 0 saturated carbocycles. The first-order valence-electron chi connectivity index (χ1n) is 6.26. The smallest absolute Gasteiger partial charge is 0.338 e. The minimum absolute atomic E-state index is 0. The fourth-order valence-corrected chi connectivity index (χ4v) is 1.69. The van der Waals surface area contributed by atoms with Crippen LogP contribution in [-0.4, -0.2) is 28.7 Å². The van der Waals surface area contributed by atoms with E-state index in [1.165, 1.54) is 0 Å². The zero-order valence-electron chi connectivity index (χ0n) is 11.3. The largest absolute Gasteiger partial charge is 0.462 e. The molecule has 0 aliphatic rings. The second-order valence-electron chi connectivity index (χ2n) is 4.03. The van der Waals surface area contributed by atoms with E-state index in [2.05, 4.69) is 10.3 Å². The number of hydrogen-bond acceptors (Lipinski definition) is 4. The number of halogens is 1. The van der Waals surface area contributed by atoms with Crippen LogP contribution < -0.4 is 5.32 Å². The van der Waals surface area contributed by atoms with Crippen LogP contribution in [0, 0.1) is 0 Å². The minimum atomic E-state index is -0.285. The van der Waals surface area contributed by atoms with Gasteiger partial charge in [-0.2, -0.15) is 0 Å². The molecule has 1 aromatic carbocycles. The highest BCUT2D eigenvalue weighted by molar-refractivity contribution is 5.89. The lowest BCUT2D eigenvalue weighted by atomic mass is 10.2. The maximum atomic E-state index is 11.5. The van der Waals surface area contributed by atoms with Crippen molar-refractivity contribution in [3.8, 4) is 0 Å². The lowest BCUT2D eigenvalue weighted by Gasteiger charge is -2.07. The Morgan fingerprint density at radius 2 is 2.10 bits per heavy atom. The molecule has 0 spiro atoms. The molecular formula is C14H18ClN3O2. The Kier molecular flexibility index (Phi) is 6.59. The lowest BCUT2D eigenvalue weighted by molar-refractivity contribution is 0.0526. The van der Waals surface area contributed by atoms with Crippen LogP contribution in [0.1, 0.15) is 17.3 Å². The van der Waals surface area contributed by atoms with E-state index in [0.29, 0.717) is 12.2 Å². The second kappa shape index (κ2) is 8.22. The molecule has 1 aromatic heterocycles. The number of esters is 1. The predicted molar refractivity (Wildman–Crippen MR) is 80.4 cm³/mol. The molecule has 20 heavy (non-hydrogen) atoms. The van der Waals surface area contributed by atoms with Crippen molar-refractivity contribution in [2.75, 3.05) is 18.5 Å². The average Bonchev–Trinajstić information content (AvgIpc) is 2.93. The summed E-state index contributed by atoms with van der Waals surface area (Å²) in [7, 11) is 0.